The first kappa shape index (κ1) is 33.8. The summed E-state index contributed by atoms with van der Waals surface area (Å²) in [4.78, 5) is 12.7. The van der Waals surface area contributed by atoms with Gasteiger partial charge in [-0.15, -0.1) is 0 Å². The highest BCUT2D eigenvalue weighted by atomic mass is 28.4. The van der Waals surface area contributed by atoms with E-state index in [2.05, 4.69) is 101 Å². The van der Waals surface area contributed by atoms with Crippen LogP contribution in [0, 0.1) is 0 Å². The summed E-state index contributed by atoms with van der Waals surface area (Å²) < 4.78 is 25.7. The molecular formula is C28H58O5Si3. The van der Waals surface area contributed by atoms with Crippen LogP contribution in [0.15, 0.2) is 11.6 Å². The Kier molecular flexibility index (Phi) is 10.4. The lowest BCUT2D eigenvalue weighted by Crippen LogP contribution is -2.48. The van der Waals surface area contributed by atoms with E-state index in [0.717, 1.165) is 11.6 Å². The van der Waals surface area contributed by atoms with Crippen molar-refractivity contribution in [3.63, 3.8) is 0 Å². The van der Waals surface area contributed by atoms with Crippen LogP contribution in [0.3, 0.4) is 0 Å². The predicted molar refractivity (Wildman–Crippen MR) is 161 cm³/mol. The molecule has 0 aromatic heterocycles. The molecule has 0 radical (unpaired) electrons. The van der Waals surface area contributed by atoms with Gasteiger partial charge in [-0.25, -0.2) is 4.79 Å². The Hall–Kier alpha value is -0.259. The number of hydrogen-bond donors (Lipinski definition) is 0. The van der Waals surface area contributed by atoms with Gasteiger partial charge < -0.3 is 18.3 Å². The Morgan fingerprint density at radius 3 is 1.75 bits per heavy atom. The molecular weight excluding hydrogens is 501 g/mol. The van der Waals surface area contributed by atoms with Crippen LogP contribution in [-0.4, -0.2) is 61.2 Å². The molecule has 1 saturated heterocycles. The fourth-order valence-corrected chi connectivity index (χ4v) is 7.69. The van der Waals surface area contributed by atoms with Crippen molar-refractivity contribution in [3.8, 4) is 0 Å². The third-order valence-electron chi connectivity index (χ3n) is 8.47. The topological polar surface area (TPSA) is 57.3 Å². The van der Waals surface area contributed by atoms with Gasteiger partial charge in [-0.05, 0) is 68.7 Å². The molecule has 1 fully saturated rings. The van der Waals surface area contributed by atoms with E-state index in [-0.39, 0.29) is 27.8 Å². The van der Waals surface area contributed by atoms with Gasteiger partial charge in [0.1, 0.15) is 5.60 Å². The quantitative estimate of drug-likeness (QED) is 0.105. The molecule has 36 heavy (non-hydrogen) atoms. The van der Waals surface area contributed by atoms with Crippen LogP contribution in [0.5, 0.6) is 0 Å². The highest BCUT2D eigenvalue weighted by Crippen LogP contribution is 2.54. The zero-order chi connectivity index (χ0) is 28.6. The van der Waals surface area contributed by atoms with Crippen LogP contribution < -0.4 is 0 Å². The van der Waals surface area contributed by atoms with Crippen LogP contribution in [0.2, 0.25) is 61.9 Å². The molecule has 1 rings (SSSR count). The first-order valence-electron chi connectivity index (χ1n) is 13.7. The fourth-order valence-electron chi connectivity index (χ4n) is 3.81. The van der Waals surface area contributed by atoms with Crippen molar-refractivity contribution in [1.82, 2.24) is 0 Å². The third-order valence-corrected chi connectivity index (χ3v) is 18.9. The molecule has 0 aromatic carbocycles. The summed E-state index contributed by atoms with van der Waals surface area (Å²) in [5.41, 5.74) is 0.303. The molecule has 0 aliphatic carbocycles. The van der Waals surface area contributed by atoms with E-state index in [9.17, 15) is 4.79 Å². The molecule has 0 saturated carbocycles. The molecule has 0 amide bonds. The summed E-state index contributed by atoms with van der Waals surface area (Å²) in [6.45, 7) is 36.8. The SMILES string of the molecule is CCOC(=O)/C=C(\C[Si](C)(C)C)[C@H](C[C@]1(CO[Si](C)(C)C(C)(C)C)OC1(C)C)O[Si](C)(C)C(C)(C)C. The highest BCUT2D eigenvalue weighted by molar-refractivity contribution is 6.77. The van der Waals surface area contributed by atoms with E-state index in [0.29, 0.717) is 19.6 Å². The molecule has 2 atom stereocenters. The minimum Gasteiger partial charge on any atom is -0.463 e. The molecule has 0 aromatic rings. The molecule has 212 valence electrons. The molecule has 1 aliphatic rings. The maximum absolute atomic E-state index is 12.7. The standard InChI is InChI=1S/C28H58O5Si3/c1-17-30-24(29)18-22(20-34(10,11)12)23(32-36(15,16)26(5,6)7)19-28(27(8,9)33-28)21-31-35(13,14)25(2,3)4/h18,23H,17,19-21H2,1-16H3/b22-18+/t23-,28+/m0/s1. The minimum atomic E-state index is -2.15. The summed E-state index contributed by atoms with van der Waals surface area (Å²) >= 11 is 0. The van der Waals surface area contributed by atoms with Crippen LogP contribution in [0.25, 0.3) is 0 Å². The van der Waals surface area contributed by atoms with Crippen molar-refractivity contribution in [2.45, 2.75) is 148 Å². The molecule has 1 heterocycles. The molecule has 1 aliphatic heterocycles. The average molecular weight is 559 g/mol. The predicted octanol–water partition coefficient (Wildman–Crippen LogP) is 8.16. The largest absolute Gasteiger partial charge is 0.463 e. The monoisotopic (exact) mass is 558 g/mol. The Bertz CT molecular complexity index is 797. The number of hydrogen-bond acceptors (Lipinski definition) is 5. The van der Waals surface area contributed by atoms with Crippen LogP contribution in [0.4, 0.5) is 0 Å². The second-order valence-corrected chi connectivity index (χ2v) is 30.5. The van der Waals surface area contributed by atoms with Crippen molar-refractivity contribution < 1.29 is 23.1 Å². The van der Waals surface area contributed by atoms with Gasteiger partial charge in [0, 0.05) is 20.6 Å². The summed E-state index contributed by atoms with van der Waals surface area (Å²) in [6, 6.07) is 0.880. The normalized spacial score (nSPS) is 22.4. The van der Waals surface area contributed by atoms with Crippen molar-refractivity contribution in [2.75, 3.05) is 13.2 Å². The Balaban J connectivity index is 3.50. The zero-order valence-electron chi connectivity index (χ0n) is 26.5. The zero-order valence-corrected chi connectivity index (χ0v) is 29.5. The number of carbonyl (C=O) groups is 1. The molecule has 0 unspecified atom stereocenters. The van der Waals surface area contributed by atoms with E-state index in [1.54, 1.807) is 6.08 Å². The number of rotatable bonds is 12. The summed E-state index contributed by atoms with van der Waals surface area (Å²) in [5, 5.41) is 0.168. The second-order valence-electron chi connectivity index (χ2n) is 15.4. The van der Waals surface area contributed by atoms with Crippen LogP contribution >= 0.6 is 0 Å². The van der Waals surface area contributed by atoms with Gasteiger partial charge >= 0.3 is 5.97 Å². The highest BCUT2D eigenvalue weighted by Gasteiger charge is 2.65. The smallest absolute Gasteiger partial charge is 0.330 e. The lowest BCUT2D eigenvalue weighted by molar-refractivity contribution is -0.137. The van der Waals surface area contributed by atoms with E-state index < -0.39 is 30.3 Å². The number of esters is 1. The van der Waals surface area contributed by atoms with Crippen LogP contribution in [0.1, 0.15) is 68.7 Å². The fraction of sp³-hybridized carbons (Fsp3) is 0.893. The van der Waals surface area contributed by atoms with Crippen LogP contribution in [-0.2, 0) is 23.1 Å². The number of carbonyl (C=O) groups excluding carboxylic acids is 1. The van der Waals surface area contributed by atoms with E-state index in [4.69, 9.17) is 18.3 Å². The summed E-state index contributed by atoms with van der Waals surface area (Å²) in [5.74, 6) is -0.280. The van der Waals surface area contributed by atoms with Gasteiger partial charge in [0.05, 0.1) is 24.9 Å². The molecule has 5 nitrogen and oxygen atoms in total. The molecule has 0 spiro atoms. The van der Waals surface area contributed by atoms with Crippen molar-refractivity contribution in [3.05, 3.63) is 11.6 Å². The van der Waals surface area contributed by atoms with Crippen molar-refractivity contribution in [2.24, 2.45) is 0 Å². The summed E-state index contributed by atoms with van der Waals surface area (Å²) in [7, 11) is -5.67. The van der Waals surface area contributed by atoms with Gasteiger partial charge in [0.25, 0.3) is 0 Å². The van der Waals surface area contributed by atoms with Gasteiger partial charge in [-0.1, -0.05) is 61.2 Å². The van der Waals surface area contributed by atoms with Gasteiger partial charge in [-0.3, -0.25) is 0 Å². The molecule has 0 bridgehead atoms. The van der Waals surface area contributed by atoms with E-state index in [1.165, 1.54) is 0 Å². The Morgan fingerprint density at radius 2 is 1.39 bits per heavy atom. The maximum atomic E-state index is 12.7. The van der Waals surface area contributed by atoms with E-state index >= 15 is 0 Å². The lowest BCUT2D eigenvalue weighted by Gasteiger charge is -2.42. The Morgan fingerprint density at radius 1 is 0.917 bits per heavy atom. The third kappa shape index (κ3) is 8.90. The molecule has 8 heteroatoms. The van der Waals surface area contributed by atoms with Gasteiger partial charge in [0.2, 0.25) is 0 Å². The molecule has 0 N–H and O–H groups in total. The lowest BCUT2D eigenvalue weighted by atomic mass is 9.89. The van der Waals surface area contributed by atoms with Crippen molar-refractivity contribution in [1.29, 1.82) is 0 Å². The summed E-state index contributed by atoms with van der Waals surface area (Å²) in [6.07, 6.45) is 2.18. The number of ether oxygens (including phenoxy) is 2. The van der Waals surface area contributed by atoms with Gasteiger partial charge in [0.15, 0.2) is 16.6 Å². The Labute approximate surface area is 226 Å². The minimum absolute atomic E-state index is 0.0458. The van der Waals surface area contributed by atoms with Gasteiger partial charge in [-0.2, -0.15) is 0 Å². The van der Waals surface area contributed by atoms with E-state index in [1.807, 2.05) is 6.92 Å². The number of epoxide rings is 1. The first-order valence-corrected chi connectivity index (χ1v) is 23.2. The van der Waals surface area contributed by atoms with Crippen molar-refractivity contribution >= 4 is 30.7 Å². The average Bonchev–Trinajstić information content (AvgIpc) is 3.16. The maximum Gasteiger partial charge on any atom is 0.330 e. The second kappa shape index (κ2) is 11.1. The first-order chi connectivity index (χ1) is 15.8.